The van der Waals surface area contributed by atoms with Gasteiger partial charge in [-0.2, -0.15) is 10.4 Å². The zero-order valence-electron chi connectivity index (χ0n) is 23.3. The van der Waals surface area contributed by atoms with Crippen LogP contribution in [0, 0.1) is 23.0 Å². The zero-order chi connectivity index (χ0) is 28.6. The minimum atomic E-state index is -0.871. The van der Waals surface area contributed by atoms with E-state index in [-0.39, 0.29) is 30.2 Å². The molecule has 1 aliphatic rings. The van der Waals surface area contributed by atoms with Crippen LogP contribution in [0.2, 0.25) is 0 Å². The highest BCUT2D eigenvalue weighted by molar-refractivity contribution is 5.94. The van der Waals surface area contributed by atoms with Crippen LogP contribution in [0.3, 0.4) is 0 Å². The number of carbonyl (C=O) groups excluding carboxylic acids is 1. The molecule has 2 aromatic heterocycles. The van der Waals surface area contributed by atoms with Gasteiger partial charge in [0.2, 0.25) is 0 Å². The fraction of sp³-hybridized carbons (Fsp3) is 0.500. The molecule has 0 bridgehead atoms. The van der Waals surface area contributed by atoms with Crippen LogP contribution in [0.5, 0.6) is 0 Å². The molecule has 11 heteroatoms. The summed E-state index contributed by atoms with van der Waals surface area (Å²) in [6, 6.07) is 5.94. The Morgan fingerprint density at radius 1 is 1.15 bits per heavy atom. The fourth-order valence-corrected chi connectivity index (χ4v) is 5.52. The highest BCUT2D eigenvalue weighted by Crippen LogP contribution is 2.35. The summed E-state index contributed by atoms with van der Waals surface area (Å²) >= 11 is 0. The Labute approximate surface area is 226 Å². The van der Waals surface area contributed by atoms with Gasteiger partial charge in [-0.05, 0) is 37.5 Å². The number of amides is 1. The summed E-state index contributed by atoms with van der Waals surface area (Å²) in [6.07, 6.45) is 3.26. The first-order chi connectivity index (χ1) is 18.5. The maximum Gasteiger partial charge on any atom is 0.259 e. The van der Waals surface area contributed by atoms with E-state index in [1.165, 1.54) is 35.5 Å². The van der Waals surface area contributed by atoms with Gasteiger partial charge in [-0.1, -0.05) is 13.8 Å². The van der Waals surface area contributed by atoms with Crippen LogP contribution >= 0.6 is 0 Å². The third-order valence-corrected chi connectivity index (χ3v) is 7.82. The Hall–Kier alpha value is -3.78. The molecule has 39 heavy (non-hydrogen) atoms. The van der Waals surface area contributed by atoms with Crippen LogP contribution in [0.1, 0.15) is 55.6 Å². The Morgan fingerprint density at radius 3 is 2.36 bits per heavy atom. The Bertz CT molecular complexity index is 1470. The molecule has 3 atom stereocenters. The molecule has 208 valence electrons. The standard InChI is InChI=1S/C28H35F2N7O2/c1-7-19-15-37(23-13-25(38)34(6)24-16-35(10-9-31)32-27(23)24)20(8-2)14-36(19)17(3)18-11-21(29)26(22(30)12-18)28(39)33(4)5/h11-13,16-17,19-20H,7-8,10,14-15H2,1-6H3/t17-,19-,20+/m1/s1. The van der Waals surface area contributed by atoms with E-state index in [9.17, 15) is 18.4 Å². The number of halogens is 2. The summed E-state index contributed by atoms with van der Waals surface area (Å²) < 4.78 is 33.0. The highest BCUT2D eigenvalue weighted by Gasteiger charge is 2.37. The van der Waals surface area contributed by atoms with Crippen molar-refractivity contribution in [3.05, 3.63) is 57.5 Å². The first-order valence-corrected chi connectivity index (χ1v) is 13.2. The van der Waals surface area contributed by atoms with Crippen molar-refractivity contribution >= 4 is 22.6 Å². The van der Waals surface area contributed by atoms with Crippen molar-refractivity contribution in [3.8, 4) is 6.07 Å². The van der Waals surface area contributed by atoms with Crippen molar-refractivity contribution in [2.75, 3.05) is 32.1 Å². The first-order valence-electron chi connectivity index (χ1n) is 13.2. The lowest BCUT2D eigenvalue weighted by Gasteiger charge is -2.49. The molecule has 1 aliphatic heterocycles. The van der Waals surface area contributed by atoms with Crippen molar-refractivity contribution in [1.29, 1.82) is 5.26 Å². The molecule has 0 N–H and O–H groups in total. The molecule has 0 radical (unpaired) electrons. The van der Waals surface area contributed by atoms with E-state index >= 15 is 0 Å². The number of nitrogens with zero attached hydrogens (tertiary/aromatic N) is 7. The Kier molecular flexibility index (Phi) is 8.07. The van der Waals surface area contributed by atoms with Crippen LogP contribution in [0.4, 0.5) is 14.5 Å². The number of hydrogen-bond acceptors (Lipinski definition) is 6. The van der Waals surface area contributed by atoms with Gasteiger partial charge in [-0.3, -0.25) is 19.2 Å². The molecule has 1 aromatic carbocycles. The summed E-state index contributed by atoms with van der Waals surface area (Å²) in [5.74, 6) is -2.46. The number of nitriles is 1. The van der Waals surface area contributed by atoms with Crippen molar-refractivity contribution < 1.29 is 13.6 Å². The number of benzene rings is 1. The second-order valence-electron chi connectivity index (χ2n) is 10.4. The molecule has 3 heterocycles. The van der Waals surface area contributed by atoms with Gasteiger partial charge in [-0.25, -0.2) is 8.78 Å². The molecule has 9 nitrogen and oxygen atoms in total. The van der Waals surface area contributed by atoms with Crippen LogP contribution in [-0.2, 0) is 13.6 Å². The fourth-order valence-electron chi connectivity index (χ4n) is 5.52. The quantitative estimate of drug-likeness (QED) is 0.455. The van der Waals surface area contributed by atoms with E-state index in [1.54, 1.807) is 19.3 Å². The van der Waals surface area contributed by atoms with Crippen LogP contribution < -0.4 is 10.5 Å². The van der Waals surface area contributed by atoms with Gasteiger partial charge in [0.15, 0.2) is 0 Å². The molecular weight excluding hydrogens is 504 g/mol. The number of anilines is 1. The molecule has 0 saturated carbocycles. The summed E-state index contributed by atoms with van der Waals surface area (Å²) in [5.41, 5.74) is 1.80. The van der Waals surface area contributed by atoms with Gasteiger partial charge in [-0.15, -0.1) is 0 Å². The molecule has 1 saturated heterocycles. The van der Waals surface area contributed by atoms with Gasteiger partial charge in [0.05, 0.1) is 23.5 Å². The number of pyridine rings is 1. The second kappa shape index (κ2) is 11.1. The molecule has 0 aliphatic carbocycles. The summed E-state index contributed by atoms with van der Waals surface area (Å²) in [5, 5.41) is 13.8. The van der Waals surface area contributed by atoms with Gasteiger partial charge in [0.1, 0.15) is 29.3 Å². The summed E-state index contributed by atoms with van der Waals surface area (Å²) in [7, 11) is 4.60. The zero-order valence-corrected chi connectivity index (χ0v) is 23.3. The number of carbonyl (C=O) groups is 1. The first kappa shape index (κ1) is 28.2. The van der Waals surface area contributed by atoms with Crippen molar-refractivity contribution in [1.82, 2.24) is 24.1 Å². The lowest BCUT2D eigenvalue weighted by Crippen LogP contribution is -2.58. The number of rotatable bonds is 7. The van der Waals surface area contributed by atoms with Crippen LogP contribution in [-0.4, -0.2) is 69.3 Å². The molecular formula is C28H35F2N7O2. The monoisotopic (exact) mass is 539 g/mol. The maximum absolute atomic E-state index is 15.0. The number of aromatic nitrogens is 3. The Morgan fingerprint density at radius 2 is 1.79 bits per heavy atom. The average Bonchev–Trinajstić information content (AvgIpc) is 3.33. The third kappa shape index (κ3) is 5.13. The number of piperazine rings is 1. The van der Waals surface area contributed by atoms with E-state index < -0.39 is 23.1 Å². The third-order valence-electron chi connectivity index (χ3n) is 7.82. The normalized spacial score (nSPS) is 18.8. The number of aryl methyl sites for hydroxylation is 1. The molecule has 3 aromatic rings. The minimum Gasteiger partial charge on any atom is -0.364 e. The predicted molar refractivity (Wildman–Crippen MR) is 146 cm³/mol. The molecule has 4 rings (SSSR count). The molecule has 0 spiro atoms. The highest BCUT2D eigenvalue weighted by atomic mass is 19.1. The van der Waals surface area contributed by atoms with E-state index in [0.29, 0.717) is 29.7 Å². The van der Waals surface area contributed by atoms with Gasteiger partial charge in [0, 0.05) is 58.4 Å². The van der Waals surface area contributed by atoms with Gasteiger partial charge in [0.25, 0.3) is 11.5 Å². The summed E-state index contributed by atoms with van der Waals surface area (Å²) in [4.78, 5) is 30.8. The van der Waals surface area contributed by atoms with E-state index in [1.807, 2.05) is 6.92 Å². The summed E-state index contributed by atoms with van der Waals surface area (Å²) in [6.45, 7) is 7.33. The van der Waals surface area contributed by atoms with Crippen LogP contribution in [0.25, 0.3) is 11.0 Å². The van der Waals surface area contributed by atoms with E-state index in [4.69, 9.17) is 5.26 Å². The topological polar surface area (TPSA) is 90.4 Å². The number of hydrogen-bond donors (Lipinski definition) is 0. The average molecular weight is 540 g/mol. The molecule has 1 amide bonds. The second-order valence-corrected chi connectivity index (χ2v) is 10.4. The predicted octanol–water partition coefficient (Wildman–Crippen LogP) is 3.68. The smallest absolute Gasteiger partial charge is 0.259 e. The Balaban J connectivity index is 1.70. The maximum atomic E-state index is 15.0. The van der Waals surface area contributed by atoms with Gasteiger partial charge < -0.3 is 14.4 Å². The van der Waals surface area contributed by atoms with Crippen molar-refractivity contribution in [3.63, 3.8) is 0 Å². The lowest BCUT2D eigenvalue weighted by atomic mass is 9.95. The molecule has 0 unspecified atom stereocenters. The SMILES string of the molecule is CC[C@H]1CN([C@H](C)c2cc(F)c(C(=O)N(C)C)c(F)c2)[C@H](CC)CN1c1cc(=O)n(C)c2cn(CC#N)nc12. The number of fused-ring (bicyclic) bond motifs is 1. The van der Waals surface area contributed by atoms with Gasteiger partial charge >= 0.3 is 0 Å². The van der Waals surface area contributed by atoms with Crippen LogP contribution in [0.15, 0.2) is 29.2 Å². The molecule has 1 fully saturated rings. The van der Waals surface area contributed by atoms with Crippen molar-refractivity contribution in [2.45, 2.75) is 58.3 Å². The van der Waals surface area contributed by atoms with E-state index in [0.717, 1.165) is 23.4 Å². The van der Waals surface area contributed by atoms with E-state index in [2.05, 4.69) is 34.8 Å². The largest absolute Gasteiger partial charge is 0.364 e. The minimum absolute atomic E-state index is 0.0101. The lowest BCUT2D eigenvalue weighted by molar-refractivity contribution is 0.0817. The van der Waals surface area contributed by atoms with Crippen molar-refractivity contribution in [2.24, 2.45) is 7.05 Å².